The van der Waals surface area contributed by atoms with Crippen molar-refractivity contribution < 1.29 is 9.48 Å². The van der Waals surface area contributed by atoms with Crippen LogP contribution in [0, 0.1) is 13.8 Å². The number of hydrogen-bond donors (Lipinski definition) is 0. The highest BCUT2D eigenvalue weighted by molar-refractivity contribution is 6.15. The summed E-state index contributed by atoms with van der Waals surface area (Å²) in [6, 6.07) is 19.1. The van der Waals surface area contributed by atoms with Crippen molar-refractivity contribution in [1.29, 1.82) is 0 Å². The topological polar surface area (TPSA) is 53.5 Å². The highest BCUT2D eigenvalue weighted by Crippen LogP contribution is 2.22. The van der Waals surface area contributed by atoms with Crippen LogP contribution in [-0.4, -0.2) is 45.4 Å². The monoisotopic (exact) mass is 386 g/mol. The van der Waals surface area contributed by atoms with Gasteiger partial charge in [-0.05, 0) is 38.1 Å². The molecule has 0 saturated carbocycles. The van der Waals surface area contributed by atoms with Gasteiger partial charge < -0.3 is 0 Å². The lowest BCUT2D eigenvalue weighted by atomic mass is 10.1. The third-order valence-corrected chi connectivity index (χ3v) is 5.35. The third kappa shape index (κ3) is 3.27. The van der Waals surface area contributed by atoms with Gasteiger partial charge in [-0.3, -0.25) is 9.79 Å². The molecule has 1 atom stereocenters. The van der Waals surface area contributed by atoms with Gasteiger partial charge in [0.25, 0.3) is 0 Å². The van der Waals surface area contributed by atoms with Gasteiger partial charge in [0.05, 0.1) is 17.1 Å². The number of hydrogen-bond acceptors (Lipinski definition) is 3. The molecule has 1 aliphatic heterocycles. The molecule has 1 unspecified atom stereocenters. The molecular formula is C23H24N5O+. The third-order valence-electron chi connectivity index (χ3n) is 5.35. The summed E-state index contributed by atoms with van der Waals surface area (Å²) in [5.74, 6) is -0.0572. The smallest absolute Gasteiger partial charge is 0.268 e. The minimum absolute atomic E-state index is 0.0572. The summed E-state index contributed by atoms with van der Waals surface area (Å²) in [4.78, 5) is 17.7. The number of rotatable bonds is 4. The summed E-state index contributed by atoms with van der Waals surface area (Å²) in [6.07, 6.45) is 1.78. The van der Waals surface area contributed by atoms with E-state index in [9.17, 15) is 4.79 Å². The lowest BCUT2D eigenvalue weighted by molar-refractivity contribution is -0.495. The zero-order valence-electron chi connectivity index (χ0n) is 17.1. The van der Waals surface area contributed by atoms with E-state index in [1.165, 1.54) is 0 Å². The van der Waals surface area contributed by atoms with E-state index < -0.39 is 6.04 Å². The van der Waals surface area contributed by atoms with E-state index in [2.05, 4.69) is 10.1 Å². The van der Waals surface area contributed by atoms with E-state index >= 15 is 0 Å². The lowest BCUT2D eigenvalue weighted by Gasteiger charge is -2.10. The first-order valence-electron chi connectivity index (χ1n) is 9.60. The molecule has 6 heteroatoms. The fourth-order valence-electron chi connectivity index (χ4n) is 3.63. The normalized spacial score (nSPS) is 17.0. The molecule has 0 spiro atoms. The van der Waals surface area contributed by atoms with Crippen molar-refractivity contribution in [2.45, 2.75) is 26.8 Å². The number of nitrogens with zero attached hydrogens (tertiary/aromatic N) is 5. The van der Waals surface area contributed by atoms with Gasteiger partial charge in [-0.2, -0.15) is 5.10 Å². The van der Waals surface area contributed by atoms with Gasteiger partial charge in [0.2, 0.25) is 11.8 Å². The number of benzene rings is 2. The van der Waals surface area contributed by atoms with Crippen LogP contribution >= 0.6 is 0 Å². The SMILES string of the molecule is CC1=[N+](C)N(c2ccccc2)C(=O)C1N=Cc1c(C)nn(-c2ccccc2)c1C. The molecular weight excluding hydrogens is 362 g/mol. The number of aromatic nitrogens is 2. The second-order valence-electron chi connectivity index (χ2n) is 7.16. The number of aryl methyl sites for hydroxylation is 1. The molecule has 1 aromatic heterocycles. The maximum absolute atomic E-state index is 13.1. The van der Waals surface area contributed by atoms with Crippen molar-refractivity contribution in [2.75, 3.05) is 12.1 Å². The average Bonchev–Trinajstić information content (AvgIpc) is 3.14. The molecule has 0 radical (unpaired) electrons. The highest BCUT2D eigenvalue weighted by atomic mass is 16.2. The van der Waals surface area contributed by atoms with E-state index in [1.54, 1.807) is 11.2 Å². The lowest BCUT2D eigenvalue weighted by Crippen LogP contribution is -2.35. The van der Waals surface area contributed by atoms with Gasteiger partial charge in [-0.25, -0.2) is 4.68 Å². The predicted octanol–water partition coefficient (Wildman–Crippen LogP) is 3.34. The van der Waals surface area contributed by atoms with Gasteiger partial charge in [-0.1, -0.05) is 41.4 Å². The summed E-state index contributed by atoms with van der Waals surface area (Å²) in [6.45, 7) is 5.92. The first-order chi connectivity index (χ1) is 14.0. The van der Waals surface area contributed by atoms with E-state index in [-0.39, 0.29) is 5.91 Å². The molecule has 0 bridgehead atoms. The Morgan fingerprint density at radius 1 is 0.966 bits per heavy atom. The van der Waals surface area contributed by atoms with E-state index in [0.717, 1.165) is 34.0 Å². The van der Waals surface area contributed by atoms with Crippen LogP contribution in [0.1, 0.15) is 23.9 Å². The Balaban J connectivity index is 1.65. The summed E-state index contributed by atoms with van der Waals surface area (Å²) in [7, 11) is 1.89. The fourth-order valence-corrected chi connectivity index (χ4v) is 3.63. The van der Waals surface area contributed by atoms with E-state index in [0.29, 0.717) is 0 Å². The standard InChI is InChI=1S/C23H24N5O/c1-16-21(17(2)27(25-16)19-11-7-5-8-12-19)15-24-22-18(3)26(4)28(23(22)29)20-13-9-6-10-14-20/h5-15,22H,1-4H3/q+1. The quantitative estimate of drug-likeness (QED) is 0.510. The molecule has 0 saturated heterocycles. The predicted molar refractivity (Wildman–Crippen MR) is 115 cm³/mol. The fraction of sp³-hybridized carbons (Fsp3) is 0.217. The minimum Gasteiger partial charge on any atom is -0.268 e. The molecule has 6 nitrogen and oxygen atoms in total. The summed E-state index contributed by atoms with van der Waals surface area (Å²) in [5, 5.41) is 6.33. The number of anilines is 1. The number of carbonyl (C=O) groups excluding carboxylic acids is 1. The molecule has 146 valence electrons. The molecule has 2 heterocycles. The van der Waals surface area contributed by atoms with Crippen molar-refractivity contribution in [1.82, 2.24) is 9.78 Å². The first-order valence-corrected chi connectivity index (χ1v) is 9.60. The highest BCUT2D eigenvalue weighted by Gasteiger charge is 2.44. The Hall–Kier alpha value is -3.54. The molecule has 0 fully saturated rings. The Bertz CT molecular complexity index is 1110. The van der Waals surface area contributed by atoms with Crippen molar-refractivity contribution >= 4 is 23.5 Å². The van der Waals surface area contributed by atoms with E-state index in [4.69, 9.17) is 0 Å². The average molecular weight is 386 g/mol. The van der Waals surface area contributed by atoms with Crippen LogP contribution in [0.2, 0.25) is 0 Å². The number of aliphatic imine (C=N–C) groups is 1. The summed E-state index contributed by atoms with van der Waals surface area (Å²) >= 11 is 0. The largest absolute Gasteiger partial charge is 0.318 e. The van der Waals surface area contributed by atoms with Crippen LogP contribution in [-0.2, 0) is 4.79 Å². The van der Waals surface area contributed by atoms with Crippen molar-refractivity contribution in [3.05, 3.63) is 77.6 Å². The number of hydrazone groups is 1. The van der Waals surface area contributed by atoms with Crippen LogP contribution in [0.15, 0.2) is 65.7 Å². The zero-order valence-corrected chi connectivity index (χ0v) is 17.1. The van der Waals surface area contributed by atoms with Crippen LogP contribution in [0.25, 0.3) is 5.69 Å². The van der Waals surface area contributed by atoms with Gasteiger partial charge in [0.1, 0.15) is 5.69 Å². The van der Waals surface area contributed by atoms with Gasteiger partial charge >= 0.3 is 5.91 Å². The van der Waals surface area contributed by atoms with Crippen LogP contribution in [0.3, 0.4) is 0 Å². The molecule has 1 amide bonds. The molecule has 4 rings (SSSR count). The minimum atomic E-state index is -0.543. The Labute approximate surface area is 170 Å². The van der Waals surface area contributed by atoms with Gasteiger partial charge in [0, 0.05) is 18.7 Å². The van der Waals surface area contributed by atoms with Crippen molar-refractivity contribution in [2.24, 2.45) is 4.99 Å². The summed E-state index contributed by atoms with van der Waals surface area (Å²) < 4.78 is 3.78. The molecule has 0 aliphatic carbocycles. The van der Waals surface area contributed by atoms with Crippen LogP contribution in [0.5, 0.6) is 0 Å². The zero-order chi connectivity index (χ0) is 20.5. The number of carbonyl (C=O) groups is 1. The first kappa shape index (κ1) is 18.8. The molecule has 1 aliphatic rings. The number of amides is 1. The second-order valence-corrected chi connectivity index (χ2v) is 7.16. The molecule has 0 N–H and O–H groups in total. The number of hydrazine groups is 1. The van der Waals surface area contributed by atoms with Crippen molar-refractivity contribution in [3.8, 4) is 5.69 Å². The molecule has 29 heavy (non-hydrogen) atoms. The Morgan fingerprint density at radius 2 is 1.55 bits per heavy atom. The Kier molecular flexibility index (Phi) is 4.84. The van der Waals surface area contributed by atoms with Crippen LogP contribution < -0.4 is 5.01 Å². The molecule has 2 aromatic carbocycles. The van der Waals surface area contributed by atoms with Crippen LogP contribution in [0.4, 0.5) is 5.69 Å². The van der Waals surface area contributed by atoms with E-state index in [1.807, 2.05) is 97.8 Å². The number of para-hydroxylation sites is 2. The van der Waals surface area contributed by atoms with Crippen molar-refractivity contribution in [3.63, 3.8) is 0 Å². The summed E-state index contributed by atoms with van der Waals surface area (Å²) in [5.41, 5.74) is 5.54. The van der Waals surface area contributed by atoms with Gasteiger partial charge in [0.15, 0.2) is 7.05 Å². The maximum atomic E-state index is 13.1. The maximum Gasteiger partial charge on any atom is 0.318 e. The Morgan fingerprint density at radius 3 is 2.17 bits per heavy atom. The van der Waals surface area contributed by atoms with Gasteiger partial charge in [-0.15, -0.1) is 4.68 Å². The second kappa shape index (κ2) is 7.47. The molecule has 3 aromatic rings.